The van der Waals surface area contributed by atoms with E-state index in [9.17, 15) is 14.4 Å². The predicted molar refractivity (Wildman–Crippen MR) is 135 cm³/mol. The number of rotatable bonds is 13. The van der Waals surface area contributed by atoms with Crippen LogP contribution in [0.2, 0.25) is 0 Å². The number of carbonyl (C=O) groups is 3. The molecule has 0 amide bonds. The molecule has 0 aromatic heterocycles. The molecule has 0 aliphatic heterocycles. The third kappa shape index (κ3) is 9.21. The first-order valence-electron chi connectivity index (χ1n) is 12.6. The molecule has 0 bridgehead atoms. The Bertz CT molecular complexity index is 989. The van der Waals surface area contributed by atoms with Gasteiger partial charge in [0.2, 0.25) is 0 Å². The maximum absolute atomic E-state index is 12.5. The summed E-state index contributed by atoms with van der Waals surface area (Å²) in [6.07, 6.45) is 9.98. The number of esters is 3. The fourth-order valence-electron chi connectivity index (χ4n) is 3.89. The van der Waals surface area contributed by atoms with Crippen LogP contribution >= 0.6 is 0 Å². The van der Waals surface area contributed by atoms with Crippen molar-refractivity contribution in [3.05, 3.63) is 72.3 Å². The maximum Gasteiger partial charge on any atom is 0.343 e. The van der Waals surface area contributed by atoms with Crippen LogP contribution in [0.3, 0.4) is 0 Å². The Hall–Kier alpha value is -3.61. The predicted octanol–water partition coefficient (Wildman–Crippen LogP) is 6.06. The third-order valence-corrected chi connectivity index (χ3v) is 5.93. The van der Waals surface area contributed by atoms with Crippen LogP contribution in [-0.4, -0.2) is 37.2 Å². The van der Waals surface area contributed by atoms with Crippen LogP contribution in [0.25, 0.3) is 0 Å². The first-order chi connectivity index (χ1) is 17.5. The molecule has 7 nitrogen and oxygen atoms in total. The molecule has 7 heteroatoms. The summed E-state index contributed by atoms with van der Waals surface area (Å²) in [5, 5.41) is 0. The highest BCUT2D eigenvalue weighted by Gasteiger charge is 2.19. The first kappa shape index (κ1) is 27.0. The molecule has 192 valence electrons. The zero-order valence-electron chi connectivity index (χ0n) is 20.6. The molecule has 36 heavy (non-hydrogen) atoms. The van der Waals surface area contributed by atoms with E-state index in [1.54, 1.807) is 48.5 Å². The number of carbonyl (C=O) groups excluding carboxylic acids is 3. The summed E-state index contributed by atoms with van der Waals surface area (Å²) in [4.78, 5) is 35.7. The molecule has 1 aliphatic carbocycles. The average molecular weight is 495 g/mol. The van der Waals surface area contributed by atoms with Gasteiger partial charge in [0.1, 0.15) is 17.6 Å². The van der Waals surface area contributed by atoms with Gasteiger partial charge in [0.05, 0.1) is 24.3 Å². The second-order valence-corrected chi connectivity index (χ2v) is 8.74. The van der Waals surface area contributed by atoms with E-state index in [-0.39, 0.29) is 12.1 Å². The molecule has 0 radical (unpaired) electrons. The van der Waals surface area contributed by atoms with Crippen LogP contribution in [0.5, 0.6) is 11.5 Å². The van der Waals surface area contributed by atoms with Gasteiger partial charge < -0.3 is 18.9 Å². The first-order valence-corrected chi connectivity index (χ1v) is 12.6. The van der Waals surface area contributed by atoms with E-state index in [0.29, 0.717) is 35.8 Å². The van der Waals surface area contributed by atoms with Crippen molar-refractivity contribution >= 4 is 17.9 Å². The summed E-state index contributed by atoms with van der Waals surface area (Å²) in [6.45, 7) is 4.32. The van der Waals surface area contributed by atoms with Crippen LogP contribution in [-0.2, 0) is 14.3 Å². The van der Waals surface area contributed by atoms with E-state index >= 15 is 0 Å². The Morgan fingerprint density at radius 3 is 1.97 bits per heavy atom. The van der Waals surface area contributed by atoms with Crippen molar-refractivity contribution in [2.24, 2.45) is 0 Å². The molecular weight excluding hydrogens is 460 g/mol. The monoisotopic (exact) mass is 494 g/mol. The van der Waals surface area contributed by atoms with Crippen molar-refractivity contribution in [2.45, 2.75) is 63.9 Å². The average Bonchev–Trinajstić information content (AvgIpc) is 2.91. The van der Waals surface area contributed by atoms with E-state index in [0.717, 1.165) is 57.4 Å². The fourth-order valence-corrected chi connectivity index (χ4v) is 3.89. The Morgan fingerprint density at radius 2 is 1.33 bits per heavy atom. The number of benzene rings is 2. The lowest BCUT2D eigenvalue weighted by Gasteiger charge is -2.21. The van der Waals surface area contributed by atoms with Crippen molar-refractivity contribution in [2.75, 3.05) is 13.2 Å². The molecule has 1 saturated carbocycles. The van der Waals surface area contributed by atoms with Gasteiger partial charge in [-0.3, -0.25) is 0 Å². The topological polar surface area (TPSA) is 88.1 Å². The van der Waals surface area contributed by atoms with Crippen molar-refractivity contribution < 1.29 is 33.3 Å². The number of hydrogen-bond donors (Lipinski definition) is 0. The molecule has 0 saturated heterocycles. The Labute approximate surface area is 212 Å². The molecule has 0 spiro atoms. The van der Waals surface area contributed by atoms with Crippen molar-refractivity contribution in [1.29, 1.82) is 0 Å². The smallest absolute Gasteiger partial charge is 0.343 e. The lowest BCUT2D eigenvalue weighted by Crippen LogP contribution is -2.20. The molecule has 3 rings (SSSR count). The lowest BCUT2D eigenvalue weighted by molar-refractivity contribution is -0.137. The van der Waals surface area contributed by atoms with E-state index in [1.807, 2.05) is 0 Å². The quantitative estimate of drug-likeness (QED) is 0.145. The molecule has 0 atom stereocenters. The van der Waals surface area contributed by atoms with Gasteiger partial charge in [-0.15, -0.1) is 0 Å². The van der Waals surface area contributed by atoms with Gasteiger partial charge in [0.15, 0.2) is 0 Å². The van der Waals surface area contributed by atoms with Gasteiger partial charge in [-0.1, -0.05) is 13.0 Å². The molecule has 2 aromatic carbocycles. The zero-order valence-corrected chi connectivity index (χ0v) is 20.6. The summed E-state index contributed by atoms with van der Waals surface area (Å²) in [5.41, 5.74) is 0.843. The molecule has 0 unspecified atom stereocenters. The minimum absolute atomic E-state index is 0.00343. The van der Waals surface area contributed by atoms with Crippen molar-refractivity contribution in [3.8, 4) is 11.5 Å². The summed E-state index contributed by atoms with van der Waals surface area (Å²) in [7, 11) is 0. The van der Waals surface area contributed by atoms with Gasteiger partial charge in [-0.25, -0.2) is 14.4 Å². The summed E-state index contributed by atoms with van der Waals surface area (Å²) in [5.74, 6) is -0.197. The van der Waals surface area contributed by atoms with Crippen molar-refractivity contribution in [1.82, 2.24) is 0 Å². The molecule has 0 N–H and O–H groups in total. The molecule has 1 fully saturated rings. The minimum Gasteiger partial charge on any atom is -0.494 e. The summed E-state index contributed by atoms with van der Waals surface area (Å²) >= 11 is 0. The van der Waals surface area contributed by atoms with Crippen molar-refractivity contribution in [3.63, 3.8) is 0 Å². The lowest BCUT2D eigenvalue weighted by atomic mass is 9.98. The molecule has 0 heterocycles. The SMILES string of the molecule is C=CC(=O)OCCCCCCOc1ccc(C(=O)Oc2ccc(C(=O)OC3CCCCC3)cc2)cc1. The fraction of sp³-hybridized carbons (Fsp3) is 0.414. The normalized spacial score (nSPS) is 13.4. The van der Waals surface area contributed by atoms with Gasteiger partial charge in [-0.05, 0) is 99.9 Å². The van der Waals surface area contributed by atoms with Crippen LogP contribution < -0.4 is 9.47 Å². The Kier molecular flexibility index (Phi) is 11.0. The van der Waals surface area contributed by atoms with Gasteiger partial charge >= 0.3 is 17.9 Å². The number of ether oxygens (including phenoxy) is 4. The van der Waals surface area contributed by atoms with E-state index in [2.05, 4.69) is 6.58 Å². The Balaban J connectivity index is 1.35. The standard InChI is InChI=1S/C29H34O7/c1-2-27(30)34-21-9-4-3-8-20-33-24-16-12-22(13-17-24)29(32)36-26-18-14-23(15-19-26)28(31)35-25-10-6-5-7-11-25/h2,12-19,25H,1,3-11,20-21H2. The second-order valence-electron chi connectivity index (χ2n) is 8.74. The summed E-state index contributed by atoms with van der Waals surface area (Å²) in [6, 6.07) is 13.2. The molecular formula is C29H34O7. The largest absolute Gasteiger partial charge is 0.494 e. The highest BCUT2D eigenvalue weighted by Crippen LogP contribution is 2.22. The highest BCUT2D eigenvalue weighted by atomic mass is 16.5. The molecule has 2 aromatic rings. The van der Waals surface area contributed by atoms with E-state index in [4.69, 9.17) is 18.9 Å². The number of unbranched alkanes of at least 4 members (excludes halogenated alkanes) is 3. The van der Waals surface area contributed by atoms with Gasteiger partial charge in [-0.2, -0.15) is 0 Å². The van der Waals surface area contributed by atoms with Crippen LogP contribution in [0.1, 0.15) is 78.5 Å². The zero-order chi connectivity index (χ0) is 25.6. The highest BCUT2D eigenvalue weighted by molar-refractivity contribution is 5.92. The van der Waals surface area contributed by atoms with Gasteiger partial charge in [0.25, 0.3) is 0 Å². The third-order valence-electron chi connectivity index (χ3n) is 5.93. The number of hydrogen-bond acceptors (Lipinski definition) is 7. The van der Waals surface area contributed by atoms with E-state index in [1.165, 1.54) is 6.42 Å². The van der Waals surface area contributed by atoms with Crippen LogP contribution in [0.15, 0.2) is 61.2 Å². The second kappa shape index (κ2) is 14.7. The Morgan fingerprint density at radius 1 is 0.750 bits per heavy atom. The van der Waals surface area contributed by atoms with E-state index < -0.39 is 11.9 Å². The minimum atomic E-state index is -0.490. The van der Waals surface area contributed by atoms with Crippen LogP contribution in [0, 0.1) is 0 Å². The summed E-state index contributed by atoms with van der Waals surface area (Å²) < 4.78 is 21.6. The van der Waals surface area contributed by atoms with Gasteiger partial charge in [0, 0.05) is 6.08 Å². The maximum atomic E-state index is 12.5. The van der Waals surface area contributed by atoms with Crippen LogP contribution in [0.4, 0.5) is 0 Å². The molecule has 1 aliphatic rings.